The molecule has 0 bridgehead atoms. The Balaban J connectivity index is 1.97. The number of hydrogen-bond donors (Lipinski definition) is 0. The second-order valence-corrected chi connectivity index (χ2v) is 9.92. The fourth-order valence-corrected chi connectivity index (χ4v) is 5.47. The maximum atomic E-state index is 13.6. The first-order chi connectivity index (χ1) is 13.4. The van der Waals surface area contributed by atoms with E-state index in [2.05, 4.69) is 22.9 Å². The molecule has 5 heteroatoms. The number of nitrogens with zero attached hydrogens (tertiary/aromatic N) is 2. The Kier molecular flexibility index (Phi) is 4.88. The van der Waals surface area contributed by atoms with Gasteiger partial charge in [0.05, 0.1) is 16.1 Å². The van der Waals surface area contributed by atoms with E-state index in [0.29, 0.717) is 15.7 Å². The zero-order valence-corrected chi connectivity index (χ0v) is 17.5. The standard InChI is InChI=1S/C23H26N2O2S/c1-16-6-9-19(10-7-16)28(26,27)22-14-24-21-11-8-17(2)13-20(21)23(22)25-12-4-5-18(3)15-25/h6-11,13-14,18H,4-5,12,15H2,1-3H3. The Bertz CT molecular complexity index is 1120. The van der Waals surface area contributed by atoms with Gasteiger partial charge in [-0.15, -0.1) is 0 Å². The van der Waals surface area contributed by atoms with Crippen LogP contribution in [0.25, 0.3) is 10.9 Å². The minimum absolute atomic E-state index is 0.309. The van der Waals surface area contributed by atoms with Crippen LogP contribution in [0, 0.1) is 19.8 Å². The first-order valence-corrected chi connectivity index (χ1v) is 11.3. The van der Waals surface area contributed by atoms with Crippen LogP contribution in [-0.4, -0.2) is 26.5 Å². The van der Waals surface area contributed by atoms with E-state index >= 15 is 0 Å². The second kappa shape index (κ2) is 7.21. The van der Waals surface area contributed by atoms with Gasteiger partial charge >= 0.3 is 0 Å². The van der Waals surface area contributed by atoms with Gasteiger partial charge < -0.3 is 4.90 Å². The van der Waals surface area contributed by atoms with E-state index in [9.17, 15) is 8.42 Å². The molecule has 3 aromatic rings. The number of hydrogen-bond acceptors (Lipinski definition) is 4. The third-order valence-electron chi connectivity index (χ3n) is 5.56. The Morgan fingerprint density at radius 2 is 1.75 bits per heavy atom. The van der Waals surface area contributed by atoms with Gasteiger partial charge in [0.1, 0.15) is 4.90 Å². The molecule has 1 saturated heterocycles. The number of aryl methyl sites for hydroxylation is 2. The van der Waals surface area contributed by atoms with Crippen molar-refractivity contribution in [3.05, 3.63) is 59.8 Å². The molecular weight excluding hydrogens is 368 g/mol. The molecular formula is C23H26N2O2S. The quantitative estimate of drug-likeness (QED) is 0.633. The molecule has 1 fully saturated rings. The molecule has 0 saturated carbocycles. The molecule has 1 aromatic heterocycles. The lowest BCUT2D eigenvalue weighted by molar-refractivity contribution is 0.446. The number of benzene rings is 2. The average Bonchev–Trinajstić information content (AvgIpc) is 2.67. The van der Waals surface area contributed by atoms with E-state index in [1.807, 2.05) is 38.1 Å². The van der Waals surface area contributed by atoms with Crippen molar-refractivity contribution in [1.29, 1.82) is 0 Å². The lowest BCUT2D eigenvalue weighted by Gasteiger charge is -2.34. The molecule has 0 radical (unpaired) electrons. The van der Waals surface area contributed by atoms with Gasteiger partial charge in [-0.25, -0.2) is 8.42 Å². The lowest BCUT2D eigenvalue weighted by atomic mass is 9.99. The van der Waals surface area contributed by atoms with E-state index < -0.39 is 9.84 Å². The summed E-state index contributed by atoms with van der Waals surface area (Å²) < 4.78 is 27.1. The summed E-state index contributed by atoms with van der Waals surface area (Å²) in [5.74, 6) is 0.539. The number of anilines is 1. The predicted molar refractivity (Wildman–Crippen MR) is 114 cm³/mol. The zero-order valence-electron chi connectivity index (χ0n) is 16.6. The molecule has 4 nitrogen and oxygen atoms in total. The van der Waals surface area contributed by atoms with Crippen LogP contribution in [0.1, 0.15) is 30.9 Å². The summed E-state index contributed by atoms with van der Waals surface area (Å²) in [5, 5.41) is 0.919. The first-order valence-electron chi connectivity index (χ1n) is 9.82. The molecule has 146 valence electrons. The summed E-state index contributed by atoms with van der Waals surface area (Å²) in [6.07, 6.45) is 3.79. The van der Waals surface area contributed by atoms with Crippen molar-refractivity contribution in [2.24, 2.45) is 5.92 Å². The highest BCUT2D eigenvalue weighted by Crippen LogP contribution is 2.38. The van der Waals surface area contributed by atoms with Crippen LogP contribution in [0.2, 0.25) is 0 Å². The highest BCUT2D eigenvalue weighted by atomic mass is 32.2. The van der Waals surface area contributed by atoms with E-state index in [0.717, 1.165) is 47.2 Å². The Morgan fingerprint density at radius 1 is 1.04 bits per heavy atom. The third-order valence-corrected chi connectivity index (χ3v) is 7.33. The molecule has 0 N–H and O–H groups in total. The predicted octanol–water partition coefficient (Wildman–Crippen LogP) is 4.92. The highest BCUT2D eigenvalue weighted by molar-refractivity contribution is 7.91. The molecule has 0 aliphatic carbocycles. The van der Waals surface area contributed by atoms with Crippen molar-refractivity contribution in [1.82, 2.24) is 4.98 Å². The lowest BCUT2D eigenvalue weighted by Crippen LogP contribution is -2.35. The minimum Gasteiger partial charge on any atom is -0.370 e. The van der Waals surface area contributed by atoms with Gasteiger partial charge in [0, 0.05) is 24.7 Å². The number of rotatable bonds is 3. The van der Waals surface area contributed by atoms with Gasteiger partial charge in [0.2, 0.25) is 9.84 Å². The third kappa shape index (κ3) is 3.39. The summed E-state index contributed by atoms with van der Waals surface area (Å²) in [5.41, 5.74) is 3.78. The summed E-state index contributed by atoms with van der Waals surface area (Å²) in [7, 11) is -3.66. The second-order valence-electron chi connectivity index (χ2n) is 8.00. The summed E-state index contributed by atoms with van der Waals surface area (Å²) in [6.45, 7) is 7.95. The Morgan fingerprint density at radius 3 is 2.46 bits per heavy atom. The summed E-state index contributed by atoms with van der Waals surface area (Å²) in [6, 6.07) is 13.1. The van der Waals surface area contributed by atoms with Crippen molar-refractivity contribution in [3.8, 4) is 0 Å². The van der Waals surface area contributed by atoms with Crippen LogP contribution in [0.4, 0.5) is 5.69 Å². The topological polar surface area (TPSA) is 50.3 Å². The number of piperidine rings is 1. The summed E-state index contributed by atoms with van der Waals surface area (Å²) >= 11 is 0. The number of sulfone groups is 1. The first kappa shape index (κ1) is 18.9. The van der Waals surface area contributed by atoms with Crippen LogP contribution < -0.4 is 4.90 Å². The van der Waals surface area contributed by atoms with Crippen molar-refractivity contribution in [3.63, 3.8) is 0 Å². The maximum absolute atomic E-state index is 13.6. The highest BCUT2D eigenvalue weighted by Gasteiger charge is 2.28. The average molecular weight is 395 g/mol. The van der Waals surface area contributed by atoms with Crippen LogP contribution in [-0.2, 0) is 9.84 Å². The van der Waals surface area contributed by atoms with Crippen LogP contribution >= 0.6 is 0 Å². The van der Waals surface area contributed by atoms with Gasteiger partial charge in [-0.1, -0.05) is 36.2 Å². The summed E-state index contributed by atoms with van der Waals surface area (Å²) in [4.78, 5) is 7.38. The van der Waals surface area contributed by atoms with Crippen LogP contribution in [0.5, 0.6) is 0 Å². The van der Waals surface area contributed by atoms with Gasteiger partial charge in [0.25, 0.3) is 0 Å². The van der Waals surface area contributed by atoms with Gasteiger partial charge in [-0.3, -0.25) is 4.98 Å². The molecule has 1 aliphatic rings. The molecule has 0 spiro atoms. The largest absolute Gasteiger partial charge is 0.370 e. The smallest absolute Gasteiger partial charge is 0.210 e. The Hall–Kier alpha value is -2.40. The maximum Gasteiger partial charge on any atom is 0.210 e. The molecule has 28 heavy (non-hydrogen) atoms. The minimum atomic E-state index is -3.66. The van der Waals surface area contributed by atoms with Gasteiger partial charge in [-0.2, -0.15) is 0 Å². The molecule has 0 amide bonds. The number of aromatic nitrogens is 1. The van der Waals surface area contributed by atoms with E-state index in [1.54, 1.807) is 18.3 Å². The zero-order chi connectivity index (χ0) is 19.9. The number of pyridine rings is 1. The van der Waals surface area contributed by atoms with Gasteiger partial charge in [0.15, 0.2) is 0 Å². The SMILES string of the molecule is Cc1ccc(S(=O)(=O)c2cnc3ccc(C)cc3c2N2CCCC(C)C2)cc1. The molecule has 1 unspecified atom stereocenters. The Labute approximate surface area is 167 Å². The van der Waals surface area contributed by atoms with Crippen LogP contribution in [0.15, 0.2) is 58.5 Å². The molecule has 4 rings (SSSR count). The van der Waals surface area contributed by atoms with Crippen molar-refractivity contribution >= 4 is 26.4 Å². The van der Waals surface area contributed by atoms with Crippen molar-refractivity contribution < 1.29 is 8.42 Å². The normalized spacial score (nSPS) is 17.8. The van der Waals surface area contributed by atoms with E-state index in [1.165, 1.54) is 6.42 Å². The molecule has 2 aromatic carbocycles. The molecule has 1 aliphatic heterocycles. The molecule has 2 heterocycles. The van der Waals surface area contributed by atoms with E-state index in [-0.39, 0.29) is 0 Å². The van der Waals surface area contributed by atoms with Gasteiger partial charge in [-0.05, 0) is 56.9 Å². The molecule has 1 atom stereocenters. The fraction of sp³-hybridized carbons (Fsp3) is 0.348. The van der Waals surface area contributed by atoms with Crippen molar-refractivity contribution in [2.45, 2.75) is 43.4 Å². The number of fused-ring (bicyclic) bond motifs is 1. The van der Waals surface area contributed by atoms with Crippen molar-refractivity contribution in [2.75, 3.05) is 18.0 Å². The van der Waals surface area contributed by atoms with E-state index in [4.69, 9.17) is 0 Å². The fourth-order valence-electron chi connectivity index (χ4n) is 4.03. The van der Waals surface area contributed by atoms with Crippen LogP contribution in [0.3, 0.4) is 0 Å². The monoisotopic (exact) mass is 394 g/mol.